The zero-order chi connectivity index (χ0) is 14.9. The highest BCUT2D eigenvalue weighted by atomic mass is 19.4. The highest BCUT2D eigenvalue weighted by molar-refractivity contribution is 5.98. The molecule has 108 valence electrons. The number of likely N-dealkylation sites (tertiary alicyclic amines) is 1. The molecule has 20 heavy (non-hydrogen) atoms. The first-order chi connectivity index (χ1) is 9.29. The van der Waals surface area contributed by atoms with Crippen LogP contribution in [0.3, 0.4) is 0 Å². The number of carbonyl (C=O) groups excluding carboxylic acids is 2. The van der Waals surface area contributed by atoms with E-state index in [1.807, 2.05) is 0 Å². The molecule has 1 atom stereocenters. The van der Waals surface area contributed by atoms with Crippen molar-refractivity contribution in [2.45, 2.75) is 25.4 Å². The zero-order valence-electron chi connectivity index (χ0n) is 10.9. The molecule has 1 unspecified atom stereocenters. The van der Waals surface area contributed by atoms with Crippen LogP contribution in [0.25, 0.3) is 0 Å². The Hall–Kier alpha value is -1.85. The van der Waals surface area contributed by atoms with Gasteiger partial charge < -0.3 is 0 Å². The molecule has 1 aliphatic rings. The van der Waals surface area contributed by atoms with Crippen LogP contribution in [0.4, 0.5) is 13.2 Å². The van der Waals surface area contributed by atoms with E-state index in [1.165, 1.54) is 19.2 Å². The van der Waals surface area contributed by atoms with Crippen molar-refractivity contribution in [3.8, 4) is 0 Å². The molecule has 1 heterocycles. The van der Waals surface area contributed by atoms with Gasteiger partial charge in [0.25, 0.3) is 0 Å². The minimum Gasteiger partial charge on any atom is -0.286 e. The van der Waals surface area contributed by atoms with E-state index in [0.29, 0.717) is 24.8 Å². The van der Waals surface area contributed by atoms with Gasteiger partial charge in [0.05, 0.1) is 5.56 Å². The lowest BCUT2D eigenvalue weighted by molar-refractivity contribution is -0.149. The normalized spacial score (nSPS) is 20.4. The SMILES string of the molecule is CN1C(=O)CCC(Cc2ccc(C(F)(F)F)cc2)C1=O. The number of carbonyl (C=O) groups is 2. The molecule has 3 nitrogen and oxygen atoms in total. The number of hydrogen-bond acceptors (Lipinski definition) is 2. The van der Waals surface area contributed by atoms with Crippen LogP contribution < -0.4 is 0 Å². The Labute approximate surface area is 114 Å². The molecule has 0 saturated carbocycles. The summed E-state index contributed by atoms with van der Waals surface area (Å²) in [5, 5.41) is 0. The number of benzene rings is 1. The van der Waals surface area contributed by atoms with Gasteiger partial charge >= 0.3 is 6.18 Å². The van der Waals surface area contributed by atoms with E-state index in [2.05, 4.69) is 0 Å². The number of nitrogens with zero attached hydrogens (tertiary/aromatic N) is 1. The standard InChI is InChI=1S/C14H14F3NO2/c1-18-12(19)7-4-10(13(18)20)8-9-2-5-11(6-3-9)14(15,16)17/h2-3,5-6,10H,4,7-8H2,1H3. The summed E-state index contributed by atoms with van der Waals surface area (Å²) in [6, 6.07) is 4.79. The second-order valence-corrected chi connectivity index (χ2v) is 4.93. The van der Waals surface area contributed by atoms with Crippen LogP contribution >= 0.6 is 0 Å². The molecule has 0 N–H and O–H groups in total. The largest absolute Gasteiger partial charge is 0.416 e. The minimum absolute atomic E-state index is 0.210. The molecule has 1 fully saturated rings. The summed E-state index contributed by atoms with van der Waals surface area (Å²) in [5.74, 6) is -0.811. The predicted molar refractivity (Wildman–Crippen MR) is 65.6 cm³/mol. The first-order valence-corrected chi connectivity index (χ1v) is 6.25. The number of alkyl halides is 3. The summed E-state index contributed by atoms with van der Waals surface area (Å²) in [6.07, 6.45) is -3.25. The fourth-order valence-electron chi connectivity index (χ4n) is 2.29. The minimum atomic E-state index is -4.36. The van der Waals surface area contributed by atoms with E-state index < -0.39 is 11.7 Å². The highest BCUT2D eigenvalue weighted by Crippen LogP contribution is 2.30. The summed E-state index contributed by atoms with van der Waals surface area (Å²) in [5.41, 5.74) is -0.0392. The molecule has 1 aromatic carbocycles. The van der Waals surface area contributed by atoms with Crippen molar-refractivity contribution in [3.05, 3.63) is 35.4 Å². The molecule has 0 aromatic heterocycles. The molecule has 1 saturated heterocycles. The molecule has 6 heteroatoms. The van der Waals surface area contributed by atoms with E-state index in [1.54, 1.807) is 0 Å². The van der Waals surface area contributed by atoms with Gasteiger partial charge in [0.15, 0.2) is 0 Å². The molecule has 2 rings (SSSR count). The molecule has 2 amide bonds. The lowest BCUT2D eigenvalue weighted by Crippen LogP contribution is -2.43. The fourth-order valence-corrected chi connectivity index (χ4v) is 2.29. The lowest BCUT2D eigenvalue weighted by atomic mass is 9.90. The van der Waals surface area contributed by atoms with Crippen molar-refractivity contribution >= 4 is 11.8 Å². The van der Waals surface area contributed by atoms with E-state index in [0.717, 1.165) is 17.0 Å². The summed E-state index contributed by atoms with van der Waals surface area (Å²) in [6.45, 7) is 0. The van der Waals surface area contributed by atoms with Crippen LogP contribution in [0.1, 0.15) is 24.0 Å². The third kappa shape index (κ3) is 3.00. The summed E-state index contributed by atoms with van der Waals surface area (Å²) in [7, 11) is 1.43. The second kappa shape index (κ2) is 5.26. The number of rotatable bonds is 2. The summed E-state index contributed by atoms with van der Waals surface area (Å²) >= 11 is 0. The number of imide groups is 1. The van der Waals surface area contributed by atoms with E-state index in [9.17, 15) is 22.8 Å². The van der Waals surface area contributed by atoms with Crippen LogP contribution in [0.2, 0.25) is 0 Å². The third-order valence-corrected chi connectivity index (χ3v) is 3.52. The Kier molecular flexibility index (Phi) is 3.83. The van der Waals surface area contributed by atoms with Crippen LogP contribution in [-0.4, -0.2) is 23.8 Å². The topological polar surface area (TPSA) is 37.4 Å². The molecule has 1 aromatic rings. The first-order valence-electron chi connectivity index (χ1n) is 6.25. The monoisotopic (exact) mass is 285 g/mol. The number of piperidine rings is 1. The highest BCUT2D eigenvalue weighted by Gasteiger charge is 2.32. The van der Waals surface area contributed by atoms with Crippen molar-refractivity contribution in [1.82, 2.24) is 4.90 Å². The molecular formula is C14H14F3NO2. The van der Waals surface area contributed by atoms with Crippen LogP contribution in [-0.2, 0) is 22.2 Å². The Balaban J connectivity index is 2.07. The maximum atomic E-state index is 12.4. The van der Waals surface area contributed by atoms with Crippen molar-refractivity contribution < 1.29 is 22.8 Å². The molecule has 0 bridgehead atoms. The average molecular weight is 285 g/mol. The zero-order valence-corrected chi connectivity index (χ0v) is 10.9. The second-order valence-electron chi connectivity index (χ2n) is 4.93. The number of halogens is 3. The summed E-state index contributed by atoms with van der Waals surface area (Å²) in [4.78, 5) is 24.3. The number of hydrogen-bond donors (Lipinski definition) is 0. The van der Waals surface area contributed by atoms with Crippen molar-refractivity contribution in [2.75, 3.05) is 7.05 Å². The van der Waals surface area contributed by atoms with Gasteiger partial charge in [-0.15, -0.1) is 0 Å². The average Bonchev–Trinajstić information content (AvgIpc) is 2.39. The maximum absolute atomic E-state index is 12.4. The fraction of sp³-hybridized carbons (Fsp3) is 0.429. The van der Waals surface area contributed by atoms with Crippen LogP contribution in [0, 0.1) is 5.92 Å². The van der Waals surface area contributed by atoms with Crippen molar-refractivity contribution in [2.24, 2.45) is 5.92 Å². The van der Waals surface area contributed by atoms with Crippen LogP contribution in [0.15, 0.2) is 24.3 Å². The molecule has 1 aliphatic heterocycles. The third-order valence-electron chi connectivity index (χ3n) is 3.52. The Morgan fingerprint density at radius 2 is 1.80 bits per heavy atom. The van der Waals surface area contributed by atoms with E-state index in [4.69, 9.17) is 0 Å². The Morgan fingerprint density at radius 1 is 1.20 bits per heavy atom. The lowest BCUT2D eigenvalue weighted by Gasteiger charge is -2.27. The van der Waals surface area contributed by atoms with E-state index >= 15 is 0 Å². The first kappa shape index (κ1) is 14.6. The molecule has 0 radical (unpaired) electrons. The predicted octanol–water partition coefficient (Wildman–Crippen LogP) is 2.64. The van der Waals surface area contributed by atoms with Gasteiger partial charge in [-0.25, -0.2) is 0 Å². The van der Waals surface area contributed by atoms with Gasteiger partial charge in [-0.2, -0.15) is 13.2 Å². The van der Waals surface area contributed by atoms with Gasteiger partial charge in [-0.1, -0.05) is 12.1 Å². The Morgan fingerprint density at radius 3 is 2.35 bits per heavy atom. The maximum Gasteiger partial charge on any atom is 0.416 e. The van der Waals surface area contributed by atoms with Gasteiger partial charge in [0.2, 0.25) is 11.8 Å². The van der Waals surface area contributed by atoms with Gasteiger partial charge in [0, 0.05) is 19.4 Å². The van der Waals surface area contributed by atoms with E-state index in [-0.39, 0.29) is 17.7 Å². The molecule has 0 spiro atoms. The quantitative estimate of drug-likeness (QED) is 0.783. The van der Waals surface area contributed by atoms with Gasteiger partial charge in [-0.3, -0.25) is 14.5 Å². The van der Waals surface area contributed by atoms with Gasteiger partial charge in [-0.05, 0) is 30.5 Å². The van der Waals surface area contributed by atoms with Gasteiger partial charge in [0.1, 0.15) is 0 Å². The Bertz CT molecular complexity index is 522. The number of amides is 2. The smallest absolute Gasteiger partial charge is 0.286 e. The summed E-state index contributed by atoms with van der Waals surface area (Å²) < 4.78 is 37.3. The van der Waals surface area contributed by atoms with Crippen molar-refractivity contribution in [3.63, 3.8) is 0 Å². The molecule has 0 aliphatic carbocycles. The molecular weight excluding hydrogens is 271 g/mol. The van der Waals surface area contributed by atoms with Crippen molar-refractivity contribution in [1.29, 1.82) is 0 Å². The van der Waals surface area contributed by atoms with Crippen LogP contribution in [0.5, 0.6) is 0 Å².